The van der Waals surface area contributed by atoms with Gasteiger partial charge in [0.2, 0.25) is 0 Å². The highest BCUT2D eigenvalue weighted by Crippen LogP contribution is 2.20. The molecule has 0 saturated carbocycles. The molecule has 0 N–H and O–H groups in total. The Morgan fingerprint density at radius 3 is 2.62 bits per heavy atom. The highest BCUT2D eigenvalue weighted by Gasteiger charge is 2.14. The second-order valence-electron chi connectivity index (χ2n) is 2.89. The molecule has 0 aliphatic heterocycles. The van der Waals surface area contributed by atoms with Crippen molar-refractivity contribution in [3.8, 4) is 5.69 Å². The summed E-state index contributed by atoms with van der Waals surface area (Å²) in [7, 11) is 1.15. The summed E-state index contributed by atoms with van der Waals surface area (Å²) in [5, 5.41) is 3.72. The van der Waals surface area contributed by atoms with Crippen LogP contribution in [0.3, 0.4) is 0 Å². The molecule has 1 heterocycles. The molecule has 2 aromatic rings. The topological polar surface area (TPSA) is 64.8 Å². The summed E-state index contributed by atoms with van der Waals surface area (Å²) in [6.07, 6.45) is 2.54. The zero-order valence-electron chi connectivity index (χ0n) is 7.71. The first-order valence-electron chi connectivity index (χ1n) is 4.08. The van der Waals surface area contributed by atoms with Gasteiger partial charge in [-0.3, -0.25) is 0 Å². The normalized spacial score (nSPS) is 11.6. The molecule has 1 aromatic carbocycles. The summed E-state index contributed by atoms with van der Waals surface area (Å²) in [5.41, 5.74) is 0.0987. The van der Waals surface area contributed by atoms with E-state index in [0.29, 0.717) is 0 Å². The summed E-state index contributed by atoms with van der Waals surface area (Å²) in [6, 6.07) is 3.29. The molecule has 5 nitrogen and oxygen atoms in total. The summed E-state index contributed by atoms with van der Waals surface area (Å²) in [4.78, 5) is 3.36. The highest BCUT2D eigenvalue weighted by atomic mass is 35.7. The number of halogens is 2. The molecule has 2 rings (SSSR count). The number of hydrogen-bond acceptors (Lipinski definition) is 4. The maximum atomic E-state index is 13.5. The molecule has 0 fully saturated rings. The van der Waals surface area contributed by atoms with E-state index in [2.05, 4.69) is 10.1 Å². The number of rotatable bonds is 2. The van der Waals surface area contributed by atoms with Gasteiger partial charge < -0.3 is 0 Å². The molecule has 0 spiro atoms. The Hall–Kier alpha value is -1.47. The fourth-order valence-corrected chi connectivity index (χ4v) is 1.92. The van der Waals surface area contributed by atoms with Crippen LogP contribution in [0.1, 0.15) is 0 Å². The van der Waals surface area contributed by atoms with Crippen molar-refractivity contribution in [2.75, 3.05) is 0 Å². The van der Waals surface area contributed by atoms with Crippen LogP contribution in [0.15, 0.2) is 35.7 Å². The molecule has 16 heavy (non-hydrogen) atoms. The van der Waals surface area contributed by atoms with E-state index in [4.69, 9.17) is 10.7 Å². The smallest absolute Gasteiger partial charge is 0.223 e. The van der Waals surface area contributed by atoms with Gasteiger partial charge in [0.05, 0.1) is 4.90 Å². The van der Waals surface area contributed by atoms with E-state index in [1.54, 1.807) is 0 Å². The minimum atomic E-state index is -3.92. The molecule has 0 radical (unpaired) electrons. The summed E-state index contributed by atoms with van der Waals surface area (Å²) >= 11 is 0. The monoisotopic (exact) mass is 261 g/mol. The zero-order chi connectivity index (χ0) is 11.8. The van der Waals surface area contributed by atoms with Crippen LogP contribution >= 0.6 is 10.7 Å². The summed E-state index contributed by atoms with van der Waals surface area (Å²) in [5.74, 6) is -0.743. The fraction of sp³-hybridized carbons (Fsp3) is 0. The molecule has 0 unspecified atom stereocenters. The van der Waals surface area contributed by atoms with E-state index < -0.39 is 14.9 Å². The van der Waals surface area contributed by atoms with E-state index in [1.807, 2.05) is 0 Å². The number of aromatic nitrogens is 3. The lowest BCUT2D eigenvalue weighted by Crippen LogP contribution is -2.00. The van der Waals surface area contributed by atoms with Gasteiger partial charge in [0, 0.05) is 10.7 Å². The standard InChI is InChI=1S/C8H5ClFN3O2S/c9-16(14,15)6-1-2-8(7(10)3-6)13-5-11-4-12-13/h1-5H. The number of hydrogen-bond donors (Lipinski definition) is 0. The third kappa shape index (κ3) is 2.05. The quantitative estimate of drug-likeness (QED) is 0.765. The largest absolute Gasteiger partial charge is 0.261 e. The first-order valence-corrected chi connectivity index (χ1v) is 6.38. The second kappa shape index (κ2) is 3.84. The van der Waals surface area contributed by atoms with Crippen molar-refractivity contribution >= 4 is 19.7 Å². The minimum absolute atomic E-state index is 0.0987. The van der Waals surface area contributed by atoms with Gasteiger partial charge in [0.1, 0.15) is 24.2 Å². The lowest BCUT2D eigenvalue weighted by Gasteiger charge is -2.03. The molecule has 0 aliphatic carbocycles. The Morgan fingerprint density at radius 2 is 2.12 bits per heavy atom. The van der Waals surface area contributed by atoms with Gasteiger partial charge in [-0.05, 0) is 18.2 Å². The summed E-state index contributed by atoms with van der Waals surface area (Å²) < 4.78 is 36.6. The van der Waals surface area contributed by atoms with Crippen LogP contribution in [-0.2, 0) is 9.05 Å². The van der Waals surface area contributed by atoms with Crippen LogP contribution in [0.25, 0.3) is 5.69 Å². The molecular weight excluding hydrogens is 257 g/mol. The molecule has 0 atom stereocenters. The zero-order valence-corrected chi connectivity index (χ0v) is 9.28. The third-order valence-corrected chi connectivity index (χ3v) is 3.22. The third-order valence-electron chi connectivity index (χ3n) is 1.87. The van der Waals surface area contributed by atoms with Crippen LogP contribution in [0.4, 0.5) is 4.39 Å². The lowest BCUT2D eigenvalue weighted by atomic mass is 10.3. The van der Waals surface area contributed by atoms with Crippen molar-refractivity contribution in [2.45, 2.75) is 4.90 Å². The first-order chi connectivity index (χ1) is 7.48. The van der Waals surface area contributed by atoms with Gasteiger partial charge >= 0.3 is 0 Å². The Labute approximate surface area is 94.9 Å². The molecule has 1 aromatic heterocycles. The Balaban J connectivity index is 2.54. The van der Waals surface area contributed by atoms with Crippen molar-refractivity contribution < 1.29 is 12.8 Å². The SMILES string of the molecule is O=S(=O)(Cl)c1ccc(-n2cncn2)c(F)c1. The molecular formula is C8H5ClFN3O2S. The number of nitrogens with zero attached hydrogens (tertiary/aromatic N) is 3. The van der Waals surface area contributed by atoms with Gasteiger partial charge in [-0.15, -0.1) is 0 Å². The van der Waals surface area contributed by atoms with E-state index in [-0.39, 0.29) is 10.6 Å². The van der Waals surface area contributed by atoms with Gasteiger partial charge in [0.15, 0.2) is 0 Å². The Morgan fingerprint density at radius 1 is 1.38 bits per heavy atom. The molecule has 0 bridgehead atoms. The van der Waals surface area contributed by atoms with E-state index in [0.717, 1.165) is 6.07 Å². The van der Waals surface area contributed by atoms with Gasteiger partial charge in [0.25, 0.3) is 9.05 Å². The van der Waals surface area contributed by atoms with Crippen molar-refractivity contribution in [3.63, 3.8) is 0 Å². The molecule has 8 heteroatoms. The van der Waals surface area contributed by atoms with E-state index >= 15 is 0 Å². The number of benzene rings is 1. The molecule has 84 valence electrons. The molecule has 0 saturated heterocycles. The molecule has 0 aliphatic rings. The van der Waals surface area contributed by atoms with E-state index in [1.165, 1.54) is 29.5 Å². The lowest BCUT2D eigenvalue weighted by molar-refractivity contribution is 0.595. The van der Waals surface area contributed by atoms with Crippen LogP contribution in [0.2, 0.25) is 0 Å². The minimum Gasteiger partial charge on any atom is -0.223 e. The van der Waals surface area contributed by atoms with Crippen LogP contribution in [0.5, 0.6) is 0 Å². The average Bonchev–Trinajstić information content (AvgIpc) is 2.69. The van der Waals surface area contributed by atoms with Crippen molar-refractivity contribution in [3.05, 3.63) is 36.7 Å². The van der Waals surface area contributed by atoms with Crippen LogP contribution in [-0.4, -0.2) is 23.2 Å². The average molecular weight is 262 g/mol. The van der Waals surface area contributed by atoms with Gasteiger partial charge in [-0.1, -0.05) is 0 Å². The van der Waals surface area contributed by atoms with Crippen LogP contribution in [0, 0.1) is 5.82 Å². The fourth-order valence-electron chi connectivity index (χ4n) is 1.16. The maximum absolute atomic E-state index is 13.5. The van der Waals surface area contributed by atoms with Crippen LogP contribution < -0.4 is 0 Å². The Kier molecular flexibility index (Phi) is 2.64. The predicted octanol–water partition coefficient (Wildman–Crippen LogP) is 1.33. The van der Waals surface area contributed by atoms with Gasteiger partial charge in [-0.2, -0.15) is 5.10 Å². The van der Waals surface area contributed by atoms with E-state index in [9.17, 15) is 12.8 Å². The summed E-state index contributed by atoms with van der Waals surface area (Å²) in [6.45, 7) is 0. The first kappa shape index (κ1) is 11.0. The van der Waals surface area contributed by atoms with Gasteiger partial charge in [-0.25, -0.2) is 22.5 Å². The predicted molar refractivity (Wildman–Crippen MR) is 54.4 cm³/mol. The van der Waals surface area contributed by atoms with Crippen molar-refractivity contribution in [1.29, 1.82) is 0 Å². The van der Waals surface area contributed by atoms with Crippen molar-refractivity contribution in [1.82, 2.24) is 14.8 Å². The second-order valence-corrected chi connectivity index (χ2v) is 5.46. The molecule has 0 amide bonds. The van der Waals surface area contributed by atoms with Crippen molar-refractivity contribution in [2.24, 2.45) is 0 Å². The maximum Gasteiger partial charge on any atom is 0.261 e. The highest BCUT2D eigenvalue weighted by molar-refractivity contribution is 8.13. The Bertz CT molecular complexity index is 612.